The van der Waals surface area contributed by atoms with E-state index in [0.717, 1.165) is 43.5 Å². The van der Waals surface area contributed by atoms with Gasteiger partial charge in [-0.25, -0.2) is 0 Å². The van der Waals surface area contributed by atoms with Crippen molar-refractivity contribution in [2.75, 3.05) is 40.0 Å². The molecule has 0 spiro atoms. The summed E-state index contributed by atoms with van der Waals surface area (Å²) >= 11 is 0. The van der Waals surface area contributed by atoms with E-state index in [1.165, 1.54) is 5.39 Å². The number of carbonyl (C=O) groups is 1. The Bertz CT molecular complexity index is 677. The second-order valence-electron chi connectivity index (χ2n) is 6.37. The van der Waals surface area contributed by atoms with Crippen molar-refractivity contribution < 1.29 is 14.3 Å². The molecule has 2 aromatic rings. The summed E-state index contributed by atoms with van der Waals surface area (Å²) in [6, 6.07) is 14.1. The van der Waals surface area contributed by atoms with Gasteiger partial charge in [-0.05, 0) is 41.7 Å². The molecule has 0 aliphatic carbocycles. The first-order chi connectivity index (χ1) is 11.8. The number of ether oxygens (including phenoxy) is 2. The van der Waals surface area contributed by atoms with Gasteiger partial charge in [0.05, 0.1) is 13.2 Å². The van der Waals surface area contributed by atoms with Crippen molar-refractivity contribution in [1.29, 1.82) is 0 Å². The third-order valence-electron chi connectivity index (χ3n) is 4.68. The van der Waals surface area contributed by atoms with Gasteiger partial charge in [0.2, 0.25) is 0 Å². The van der Waals surface area contributed by atoms with Crippen LogP contribution in [0.15, 0.2) is 42.5 Å². The van der Waals surface area contributed by atoms with Crippen LogP contribution in [0.4, 0.5) is 0 Å². The number of piperidine rings is 1. The molecule has 4 heteroatoms. The monoisotopic (exact) mass is 327 g/mol. The normalized spacial score (nSPS) is 15.8. The van der Waals surface area contributed by atoms with Crippen molar-refractivity contribution in [3.8, 4) is 0 Å². The summed E-state index contributed by atoms with van der Waals surface area (Å²) in [7, 11) is 1.68. The highest BCUT2D eigenvalue weighted by molar-refractivity contribution is 5.98. The number of likely N-dealkylation sites (tertiary alicyclic amines) is 1. The first-order valence-corrected chi connectivity index (χ1v) is 8.62. The van der Waals surface area contributed by atoms with Crippen LogP contribution in [0.25, 0.3) is 10.8 Å². The Kier molecular flexibility index (Phi) is 5.83. The summed E-state index contributed by atoms with van der Waals surface area (Å²) < 4.78 is 10.6. The molecule has 1 aliphatic heterocycles. The van der Waals surface area contributed by atoms with E-state index in [2.05, 4.69) is 12.1 Å². The molecule has 24 heavy (non-hydrogen) atoms. The summed E-state index contributed by atoms with van der Waals surface area (Å²) in [5.41, 5.74) is 0.781. The lowest BCUT2D eigenvalue weighted by Gasteiger charge is -2.32. The lowest BCUT2D eigenvalue weighted by atomic mass is 9.97. The third-order valence-corrected chi connectivity index (χ3v) is 4.68. The van der Waals surface area contributed by atoms with E-state index in [1.54, 1.807) is 7.11 Å². The Morgan fingerprint density at radius 1 is 1.08 bits per heavy atom. The number of nitrogens with zero attached hydrogens (tertiary/aromatic N) is 1. The van der Waals surface area contributed by atoms with Crippen LogP contribution in [0.3, 0.4) is 0 Å². The Balaban J connectivity index is 1.54. The van der Waals surface area contributed by atoms with Crippen molar-refractivity contribution in [2.24, 2.45) is 5.92 Å². The molecule has 4 nitrogen and oxygen atoms in total. The number of methoxy groups -OCH3 is 1. The van der Waals surface area contributed by atoms with Gasteiger partial charge in [-0.3, -0.25) is 4.79 Å². The highest BCUT2D eigenvalue weighted by Gasteiger charge is 2.23. The number of fused-ring (bicyclic) bond motifs is 1. The van der Waals surface area contributed by atoms with Crippen molar-refractivity contribution in [1.82, 2.24) is 4.90 Å². The Morgan fingerprint density at radius 3 is 2.58 bits per heavy atom. The zero-order chi connectivity index (χ0) is 16.8. The molecule has 0 radical (unpaired) electrons. The maximum absolute atomic E-state index is 12.7. The standard InChI is InChI=1S/C20H25NO3/c1-23-12-13-24-15-16-8-10-21(11-9-16)20(22)19-7-6-17-4-2-3-5-18(17)14-19/h2-7,14,16H,8-13,15H2,1H3. The van der Waals surface area contributed by atoms with Gasteiger partial charge in [-0.2, -0.15) is 0 Å². The number of hydrogen-bond donors (Lipinski definition) is 0. The average Bonchev–Trinajstić information content (AvgIpc) is 2.65. The van der Waals surface area contributed by atoms with Gasteiger partial charge in [0.15, 0.2) is 0 Å². The molecule has 128 valence electrons. The van der Waals surface area contributed by atoms with Gasteiger partial charge in [-0.15, -0.1) is 0 Å². The third kappa shape index (κ3) is 4.13. The van der Waals surface area contributed by atoms with Gasteiger partial charge >= 0.3 is 0 Å². The number of benzene rings is 2. The fourth-order valence-corrected chi connectivity index (χ4v) is 3.20. The molecule has 1 aliphatic rings. The lowest BCUT2D eigenvalue weighted by Crippen LogP contribution is -2.39. The first kappa shape index (κ1) is 16.9. The number of hydrogen-bond acceptors (Lipinski definition) is 3. The van der Waals surface area contributed by atoms with Gasteiger partial charge < -0.3 is 14.4 Å². The van der Waals surface area contributed by atoms with E-state index in [4.69, 9.17) is 9.47 Å². The molecule has 1 saturated heterocycles. The van der Waals surface area contributed by atoms with Crippen LogP contribution < -0.4 is 0 Å². The molecule has 2 aromatic carbocycles. The fourth-order valence-electron chi connectivity index (χ4n) is 3.20. The minimum absolute atomic E-state index is 0.138. The first-order valence-electron chi connectivity index (χ1n) is 8.62. The summed E-state index contributed by atoms with van der Waals surface area (Å²) in [4.78, 5) is 14.7. The van der Waals surface area contributed by atoms with Crippen LogP contribution in [0.5, 0.6) is 0 Å². The van der Waals surface area contributed by atoms with Crippen LogP contribution in [0.2, 0.25) is 0 Å². The quantitative estimate of drug-likeness (QED) is 0.764. The predicted octanol–water partition coefficient (Wildman–Crippen LogP) is 3.36. The summed E-state index contributed by atoms with van der Waals surface area (Å²) in [6.07, 6.45) is 2.01. The molecule has 0 atom stereocenters. The highest BCUT2D eigenvalue weighted by Crippen LogP contribution is 2.21. The minimum atomic E-state index is 0.138. The Hall–Kier alpha value is -1.91. The largest absolute Gasteiger partial charge is 0.382 e. The Morgan fingerprint density at radius 2 is 1.83 bits per heavy atom. The molecule has 0 bridgehead atoms. The fraction of sp³-hybridized carbons (Fsp3) is 0.450. The van der Waals surface area contributed by atoms with Crippen LogP contribution in [-0.4, -0.2) is 50.8 Å². The maximum atomic E-state index is 12.7. The highest BCUT2D eigenvalue weighted by atomic mass is 16.5. The summed E-state index contributed by atoms with van der Waals surface area (Å²) in [6.45, 7) is 3.67. The molecule has 1 fully saturated rings. The zero-order valence-electron chi connectivity index (χ0n) is 14.2. The molecule has 0 aromatic heterocycles. The minimum Gasteiger partial charge on any atom is -0.382 e. The molecule has 0 unspecified atom stereocenters. The van der Waals surface area contributed by atoms with Gasteiger partial charge in [0, 0.05) is 32.4 Å². The lowest BCUT2D eigenvalue weighted by molar-refractivity contribution is 0.0327. The molecular formula is C20H25NO3. The molecular weight excluding hydrogens is 302 g/mol. The SMILES string of the molecule is COCCOCC1CCN(C(=O)c2ccc3ccccc3c2)CC1. The summed E-state index contributed by atoms with van der Waals surface area (Å²) in [5.74, 6) is 0.682. The van der Waals surface area contributed by atoms with E-state index in [-0.39, 0.29) is 5.91 Å². The van der Waals surface area contributed by atoms with Crippen LogP contribution in [0.1, 0.15) is 23.2 Å². The van der Waals surface area contributed by atoms with Gasteiger partial charge in [0.1, 0.15) is 0 Å². The van der Waals surface area contributed by atoms with Crippen LogP contribution in [0, 0.1) is 5.92 Å². The topological polar surface area (TPSA) is 38.8 Å². The number of rotatable bonds is 6. The summed E-state index contributed by atoms with van der Waals surface area (Å²) in [5, 5.41) is 2.28. The molecule has 3 rings (SSSR count). The smallest absolute Gasteiger partial charge is 0.253 e. The number of amides is 1. The molecule has 0 N–H and O–H groups in total. The van der Waals surface area contributed by atoms with Gasteiger partial charge in [-0.1, -0.05) is 30.3 Å². The van der Waals surface area contributed by atoms with Gasteiger partial charge in [0.25, 0.3) is 5.91 Å². The van der Waals surface area contributed by atoms with E-state index in [9.17, 15) is 4.79 Å². The average molecular weight is 327 g/mol. The predicted molar refractivity (Wildman–Crippen MR) is 95.3 cm³/mol. The Labute approximate surface area is 143 Å². The second kappa shape index (κ2) is 8.27. The van der Waals surface area contributed by atoms with Crippen LogP contribution >= 0.6 is 0 Å². The van der Waals surface area contributed by atoms with E-state index < -0.39 is 0 Å². The van der Waals surface area contributed by atoms with E-state index in [1.807, 2.05) is 35.2 Å². The molecule has 1 heterocycles. The van der Waals surface area contributed by atoms with Crippen molar-refractivity contribution in [3.05, 3.63) is 48.0 Å². The maximum Gasteiger partial charge on any atom is 0.253 e. The zero-order valence-corrected chi connectivity index (χ0v) is 14.2. The molecule has 1 amide bonds. The number of carbonyl (C=O) groups excluding carboxylic acids is 1. The van der Waals surface area contributed by atoms with Crippen molar-refractivity contribution in [3.63, 3.8) is 0 Å². The van der Waals surface area contributed by atoms with E-state index >= 15 is 0 Å². The van der Waals surface area contributed by atoms with Crippen molar-refractivity contribution >= 4 is 16.7 Å². The molecule has 0 saturated carbocycles. The second-order valence-corrected chi connectivity index (χ2v) is 6.37. The van der Waals surface area contributed by atoms with Crippen molar-refractivity contribution in [2.45, 2.75) is 12.8 Å². The van der Waals surface area contributed by atoms with Crippen LogP contribution in [-0.2, 0) is 9.47 Å². The van der Waals surface area contributed by atoms with E-state index in [0.29, 0.717) is 19.1 Å².